The van der Waals surface area contributed by atoms with Crippen LogP contribution in [0.2, 0.25) is 0 Å². The first kappa shape index (κ1) is 19.2. The number of aromatic nitrogens is 3. The molecule has 4 aromatic rings. The first-order valence-corrected chi connectivity index (χ1v) is 9.25. The van der Waals surface area contributed by atoms with Crippen LogP contribution in [0.1, 0.15) is 0 Å². The Labute approximate surface area is 172 Å². The smallest absolute Gasteiger partial charge is 0.408 e. The van der Waals surface area contributed by atoms with Crippen LogP contribution in [0.3, 0.4) is 0 Å². The first-order chi connectivity index (χ1) is 14.5. The molecule has 0 aliphatic heterocycles. The van der Waals surface area contributed by atoms with Gasteiger partial charge in [0.25, 0.3) is 0 Å². The summed E-state index contributed by atoms with van der Waals surface area (Å²) in [5.41, 5.74) is 3.37. The van der Waals surface area contributed by atoms with Gasteiger partial charge in [-0.1, -0.05) is 12.1 Å². The van der Waals surface area contributed by atoms with Crippen LogP contribution in [-0.2, 0) is 11.3 Å². The maximum atomic E-state index is 12.4. The molecule has 0 spiro atoms. The van der Waals surface area contributed by atoms with Crippen molar-refractivity contribution >= 4 is 39.9 Å². The Bertz CT molecular complexity index is 1240. The number of hydrogen-bond donors (Lipinski definition) is 2. The zero-order valence-electron chi connectivity index (χ0n) is 16.5. The van der Waals surface area contributed by atoms with Crippen LogP contribution >= 0.6 is 0 Å². The molecule has 0 unspecified atom stereocenters. The second-order valence-corrected chi connectivity index (χ2v) is 6.87. The van der Waals surface area contributed by atoms with Gasteiger partial charge in [-0.05, 0) is 36.4 Å². The summed E-state index contributed by atoms with van der Waals surface area (Å²) in [6.45, 7) is -0.136. The predicted molar refractivity (Wildman–Crippen MR) is 115 cm³/mol. The van der Waals surface area contributed by atoms with Crippen molar-refractivity contribution in [2.45, 2.75) is 6.54 Å². The molecule has 9 nitrogen and oxygen atoms in total. The molecule has 9 heteroatoms. The van der Waals surface area contributed by atoms with E-state index in [1.165, 1.54) is 4.57 Å². The highest BCUT2D eigenvalue weighted by atomic mass is 16.4. The van der Waals surface area contributed by atoms with Gasteiger partial charge in [-0.15, -0.1) is 5.10 Å². The molecule has 2 N–H and O–H groups in total. The number of carbonyl (C=O) groups excluding carboxylic acids is 1. The van der Waals surface area contributed by atoms with Gasteiger partial charge in [0.2, 0.25) is 5.91 Å². The molecule has 2 aromatic carbocycles. The van der Waals surface area contributed by atoms with Crippen molar-refractivity contribution in [3.8, 4) is 0 Å². The fourth-order valence-electron chi connectivity index (χ4n) is 2.95. The molecule has 0 bridgehead atoms. The molecule has 2 heterocycles. The van der Waals surface area contributed by atoms with Crippen LogP contribution in [0.15, 0.2) is 70.0 Å². The van der Waals surface area contributed by atoms with Gasteiger partial charge in [-0.2, -0.15) is 5.10 Å². The monoisotopic (exact) mass is 404 g/mol. The Kier molecular flexibility index (Phi) is 5.17. The number of anilines is 4. The third-order valence-electron chi connectivity index (χ3n) is 4.47. The SMILES string of the molecule is CN(C)c1cnnc(Nc2ccc(NC(=O)Cn3c(=O)oc4ccccc43)cc2)c1. The van der Waals surface area contributed by atoms with E-state index in [0.717, 1.165) is 11.4 Å². The quantitative estimate of drug-likeness (QED) is 0.509. The molecule has 0 radical (unpaired) electrons. The van der Waals surface area contributed by atoms with E-state index in [0.29, 0.717) is 22.6 Å². The number of fused-ring (bicyclic) bond motifs is 1. The van der Waals surface area contributed by atoms with Gasteiger partial charge in [-0.3, -0.25) is 9.36 Å². The standard InChI is InChI=1S/C21H20N6O3/c1-26(2)16-11-19(25-22-12-16)23-14-7-9-15(10-8-14)24-20(28)13-27-17-5-3-4-6-18(17)30-21(27)29/h3-12H,13H2,1-2H3,(H,23,25)(H,24,28). The van der Waals surface area contributed by atoms with Crippen molar-refractivity contribution in [3.05, 3.63) is 71.3 Å². The van der Waals surface area contributed by atoms with E-state index in [2.05, 4.69) is 20.8 Å². The molecule has 30 heavy (non-hydrogen) atoms. The van der Waals surface area contributed by atoms with Crippen LogP contribution in [0.4, 0.5) is 22.9 Å². The molecule has 0 fully saturated rings. The lowest BCUT2D eigenvalue weighted by Gasteiger charge is -2.13. The number of amides is 1. The number of rotatable bonds is 6. The lowest BCUT2D eigenvalue weighted by atomic mass is 10.2. The number of benzene rings is 2. The van der Waals surface area contributed by atoms with Crippen LogP contribution in [0.25, 0.3) is 11.1 Å². The van der Waals surface area contributed by atoms with Gasteiger partial charge in [0.1, 0.15) is 6.54 Å². The van der Waals surface area contributed by atoms with Crippen LogP contribution < -0.4 is 21.3 Å². The molecule has 1 amide bonds. The summed E-state index contributed by atoms with van der Waals surface area (Å²) in [6.07, 6.45) is 1.68. The maximum Gasteiger partial charge on any atom is 0.420 e. The minimum Gasteiger partial charge on any atom is -0.408 e. The van der Waals surface area contributed by atoms with Gasteiger partial charge >= 0.3 is 5.76 Å². The molecule has 0 atom stereocenters. The van der Waals surface area contributed by atoms with Gasteiger partial charge < -0.3 is 20.0 Å². The molecule has 0 saturated carbocycles. The minimum absolute atomic E-state index is 0.136. The van der Waals surface area contributed by atoms with E-state index in [4.69, 9.17) is 4.42 Å². The summed E-state index contributed by atoms with van der Waals surface area (Å²) < 4.78 is 6.45. The Morgan fingerprint density at radius 2 is 1.83 bits per heavy atom. The second kappa shape index (κ2) is 8.08. The number of carbonyl (C=O) groups is 1. The van der Waals surface area contributed by atoms with Crippen molar-refractivity contribution in [1.29, 1.82) is 0 Å². The zero-order valence-corrected chi connectivity index (χ0v) is 16.5. The van der Waals surface area contributed by atoms with Crippen molar-refractivity contribution in [2.75, 3.05) is 29.6 Å². The fraction of sp³-hybridized carbons (Fsp3) is 0.143. The van der Waals surface area contributed by atoms with Gasteiger partial charge in [-0.25, -0.2) is 4.79 Å². The minimum atomic E-state index is -0.563. The molecular formula is C21H20N6O3. The lowest BCUT2D eigenvalue weighted by molar-refractivity contribution is -0.116. The molecule has 0 aliphatic carbocycles. The van der Waals surface area contributed by atoms with Gasteiger partial charge in [0, 0.05) is 31.5 Å². The maximum absolute atomic E-state index is 12.4. The first-order valence-electron chi connectivity index (χ1n) is 9.25. The average Bonchev–Trinajstić information content (AvgIpc) is 3.05. The second-order valence-electron chi connectivity index (χ2n) is 6.87. The average molecular weight is 404 g/mol. The predicted octanol–water partition coefficient (Wildman–Crippen LogP) is 2.83. The van der Waals surface area contributed by atoms with Gasteiger partial charge in [0.05, 0.1) is 17.4 Å². The molecule has 2 aromatic heterocycles. The molecule has 152 valence electrons. The molecular weight excluding hydrogens is 384 g/mol. The highest BCUT2D eigenvalue weighted by Crippen LogP contribution is 2.20. The molecule has 4 rings (SSSR count). The zero-order chi connectivity index (χ0) is 21.1. The Hall–Kier alpha value is -4.14. The highest BCUT2D eigenvalue weighted by molar-refractivity contribution is 5.91. The number of para-hydroxylation sites is 2. The summed E-state index contributed by atoms with van der Waals surface area (Å²) in [5.74, 6) is -0.273. The fourth-order valence-corrected chi connectivity index (χ4v) is 2.95. The third-order valence-corrected chi connectivity index (χ3v) is 4.47. The Morgan fingerprint density at radius 3 is 2.60 bits per heavy atom. The number of nitrogens with zero attached hydrogens (tertiary/aromatic N) is 4. The summed E-state index contributed by atoms with van der Waals surface area (Å²) in [7, 11) is 3.86. The van der Waals surface area contributed by atoms with Crippen LogP contribution in [-0.4, -0.2) is 34.8 Å². The number of hydrogen-bond acceptors (Lipinski definition) is 7. The van der Waals surface area contributed by atoms with Crippen molar-refractivity contribution in [3.63, 3.8) is 0 Å². The van der Waals surface area contributed by atoms with E-state index in [-0.39, 0.29) is 12.5 Å². The highest BCUT2D eigenvalue weighted by Gasteiger charge is 2.12. The third kappa shape index (κ3) is 4.14. The summed E-state index contributed by atoms with van der Waals surface area (Å²) in [6, 6.07) is 16.0. The Morgan fingerprint density at radius 1 is 1.10 bits per heavy atom. The van der Waals surface area contributed by atoms with Crippen LogP contribution in [0, 0.1) is 0 Å². The Balaban J connectivity index is 1.42. The largest absolute Gasteiger partial charge is 0.420 e. The molecule has 0 saturated heterocycles. The summed E-state index contributed by atoms with van der Waals surface area (Å²) >= 11 is 0. The topological polar surface area (TPSA) is 105 Å². The van der Waals surface area contributed by atoms with Crippen molar-refractivity contribution in [2.24, 2.45) is 0 Å². The number of oxazole rings is 1. The van der Waals surface area contributed by atoms with Gasteiger partial charge in [0.15, 0.2) is 11.4 Å². The molecule has 0 aliphatic rings. The summed E-state index contributed by atoms with van der Waals surface area (Å²) in [5, 5.41) is 14.0. The van der Waals surface area contributed by atoms with E-state index >= 15 is 0 Å². The van der Waals surface area contributed by atoms with Crippen molar-refractivity contribution < 1.29 is 9.21 Å². The van der Waals surface area contributed by atoms with E-state index < -0.39 is 5.76 Å². The van der Waals surface area contributed by atoms with E-state index in [1.807, 2.05) is 37.2 Å². The number of nitrogens with one attached hydrogen (secondary N) is 2. The lowest BCUT2D eigenvalue weighted by Crippen LogP contribution is -2.24. The van der Waals surface area contributed by atoms with Crippen LogP contribution in [0.5, 0.6) is 0 Å². The summed E-state index contributed by atoms with van der Waals surface area (Å²) in [4.78, 5) is 26.3. The van der Waals surface area contributed by atoms with Crippen molar-refractivity contribution in [1.82, 2.24) is 14.8 Å². The normalized spacial score (nSPS) is 10.7. The van der Waals surface area contributed by atoms with E-state index in [9.17, 15) is 9.59 Å². The van der Waals surface area contributed by atoms with E-state index in [1.54, 1.807) is 42.6 Å².